The maximum Gasteiger partial charge on any atom is 0.254 e. The molecule has 0 spiro atoms. The van der Waals surface area contributed by atoms with E-state index in [1.807, 2.05) is 46.8 Å². The van der Waals surface area contributed by atoms with Gasteiger partial charge in [0.1, 0.15) is 11.6 Å². The second kappa shape index (κ2) is 8.67. The van der Waals surface area contributed by atoms with Gasteiger partial charge in [-0.15, -0.1) is 0 Å². The average Bonchev–Trinajstić information content (AvgIpc) is 3.44. The summed E-state index contributed by atoms with van der Waals surface area (Å²) in [7, 11) is 1.63. The zero-order valence-electron chi connectivity index (χ0n) is 19.6. The first-order chi connectivity index (χ1) is 16.0. The zero-order chi connectivity index (χ0) is 23.1. The maximum atomic E-state index is 13.6. The Hall–Kier alpha value is -3.13. The largest absolute Gasteiger partial charge is 0.496 e. The second-order valence-corrected chi connectivity index (χ2v) is 9.26. The third-order valence-corrected chi connectivity index (χ3v) is 6.99. The van der Waals surface area contributed by atoms with Gasteiger partial charge in [-0.25, -0.2) is 9.50 Å². The van der Waals surface area contributed by atoms with E-state index in [0.717, 1.165) is 79.4 Å². The molecule has 3 aromatic rings. The topological polar surface area (TPSA) is 89.0 Å². The van der Waals surface area contributed by atoms with Crippen molar-refractivity contribution in [1.82, 2.24) is 19.5 Å². The monoisotopic (exact) mass is 448 g/mol. The molecule has 2 aromatic heterocycles. The van der Waals surface area contributed by atoms with E-state index in [1.54, 1.807) is 7.11 Å². The van der Waals surface area contributed by atoms with Gasteiger partial charge in [-0.2, -0.15) is 5.10 Å². The highest BCUT2D eigenvalue weighted by Crippen LogP contribution is 2.34. The van der Waals surface area contributed by atoms with Crippen molar-refractivity contribution in [2.45, 2.75) is 51.6 Å². The number of hydrogen-bond donors (Lipinski definition) is 1. The van der Waals surface area contributed by atoms with Crippen LogP contribution in [0.5, 0.6) is 5.75 Å². The average molecular weight is 449 g/mol. The number of aromatic nitrogens is 3. The molecule has 1 unspecified atom stereocenters. The van der Waals surface area contributed by atoms with Gasteiger partial charge in [-0.1, -0.05) is 6.07 Å². The Morgan fingerprint density at radius 2 is 2.03 bits per heavy atom. The lowest BCUT2D eigenvalue weighted by Crippen LogP contribution is -2.39. The molecular weight excluding hydrogens is 416 g/mol. The molecule has 174 valence electrons. The van der Waals surface area contributed by atoms with Crippen molar-refractivity contribution in [3.8, 4) is 5.75 Å². The Balaban J connectivity index is 1.48. The molecule has 8 nitrogen and oxygen atoms in total. The van der Waals surface area contributed by atoms with Crippen molar-refractivity contribution in [3.05, 3.63) is 52.8 Å². The lowest BCUT2D eigenvalue weighted by molar-refractivity contribution is 0.0604. The zero-order valence-corrected chi connectivity index (χ0v) is 19.6. The summed E-state index contributed by atoms with van der Waals surface area (Å²) < 4.78 is 7.28. The Kier molecular flexibility index (Phi) is 5.70. The molecule has 8 heteroatoms. The van der Waals surface area contributed by atoms with Gasteiger partial charge < -0.3 is 20.3 Å². The molecule has 0 aliphatic carbocycles. The van der Waals surface area contributed by atoms with Gasteiger partial charge in [0, 0.05) is 54.6 Å². The molecule has 2 N–H and O–H groups in total. The van der Waals surface area contributed by atoms with Crippen molar-refractivity contribution < 1.29 is 9.53 Å². The second-order valence-electron chi connectivity index (χ2n) is 9.26. The number of fused-ring (bicyclic) bond motifs is 1. The van der Waals surface area contributed by atoms with E-state index in [0.29, 0.717) is 5.56 Å². The van der Waals surface area contributed by atoms with Crippen molar-refractivity contribution in [1.29, 1.82) is 0 Å². The van der Waals surface area contributed by atoms with E-state index in [-0.39, 0.29) is 18.0 Å². The van der Waals surface area contributed by atoms with Crippen molar-refractivity contribution in [2.75, 3.05) is 31.6 Å². The van der Waals surface area contributed by atoms with E-state index in [2.05, 4.69) is 11.8 Å². The van der Waals surface area contributed by atoms with Crippen LogP contribution in [0.3, 0.4) is 0 Å². The molecule has 1 amide bonds. The molecule has 0 saturated carbocycles. The summed E-state index contributed by atoms with van der Waals surface area (Å²) in [5.74, 6) is 1.74. The number of methoxy groups -OCH3 is 1. The first-order valence-electron chi connectivity index (χ1n) is 11.8. The van der Waals surface area contributed by atoms with Gasteiger partial charge in [0.15, 0.2) is 5.65 Å². The smallest absolute Gasteiger partial charge is 0.254 e. The third-order valence-electron chi connectivity index (χ3n) is 6.99. The Morgan fingerprint density at radius 1 is 1.18 bits per heavy atom. The molecule has 2 saturated heterocycles. The van der Waals surface area contributed by atoms with E-state index < -0.39 is 0 Å². The number of likely N-dealkylation sites (tertiary alicyclic amines) is 1. The van der Waals surface area contributed by atoms with Crippen LogP contribution in [0.1, 0.15) is 58.9 Å². The number of nitrogens with two attached hydrogens (primary N) is 1. The third kappa shape index (κ3) is 3.93. The summed E-state index contributed by atoms with van der Waals surface area (Å²) in [6.45, 7) is 6.48. The molecule has 33 heavy (non-hydrogen) atoms. The molecule has 2 aliphatic rings. The number of carbonyl (C=O) groups excluding carboxylic acids is 1. The standard InChI is InChI=1S/C25H32N6O2/c1-16-14-31-23(27-24(16)29-12-10-18(26)15-29)13-20(28-31)21-8-4-5-11-30(21)25(32)19-7-6-9-22(33-3)17(19)2/h6-7,9,13-14,18,21H,4-5,8,10-12,15,26H2,1-3H3/t18?,21-/m0/s1. The lowest BCUT2D eigenvalue weighted by Gasteiger charge is -2.35. The number of aryl methyl sites for hydroxylation is 1. The minimum atomic E-state index is -0.0671. The summed E-state index contributed by atoms with van der Waals surface area (Å²) in [4.78, 5) is 22.8. The fourth-order valence-corrected chi connectivity index (χ4v) is 5.19. The number of amides is 1. The van der Waals surface area contributed by atoms with Gasteiger partial charge in [-0.05, 0) is 51.7 Å². The number of anilines is 1. The predicted molar refractivity (Wildman–Crippen MR) is 128 cm³/mol. The number of carbonyl (C=O) groups is 1. The number of benzene rings is 1. The molecule has 2 aliphatic heterocycles. The van der Waals surface area contributed by atoms with E-state index in [4.69, 9.17) is 20.6 Å². The molecule has 2 fully saturated rings. The van der Waals surface area contributed by atoms with E-state index in [1.165, 1.54) is 0 Å². The van der Waals surface area contributed by atoms with Gasteiger partial charge in [0.2, 0.25) is 0 Å². The molecule has 5 rings (SSSR count). The lowest BCUT2D eigenvalue weighted by atomic mass is 9.97. The van der Waals surface area contributed by atoms with Gasteiger partial charge in [0.05, 0.1) is 18.8 Å². The minimum Gasteiger partial charge on any atom is -0.496 e. The SMILES string of the molecule is COc1cccc(C(=O)N2CCCC[C@H]2c2cc3nc(N4CCC(N)C4)c(C)cn3n2)c1C. The van der Waals surface area contributed by atoms with Crippen LogP contribution in [0.15, 0.2) is 30.5 Å². The van der Waals surface area contributed by atoms with Crippen molar-refractivity contribution in [3.63, 3.8) is 0 Å². The van der Waals surface area contributed by atoms with Gasteiger partial charge >= 0.3 is 0 Å². The summed E-state index contributed by atoms with van der Waals surface area (Å²) in [5.41, 5.74) is 10.5. The maximum absolute atomic E-state index is 13.6. The fraction of sp³-hybridized carbons (Fsp3) is 0.480. The predicted octanol–water partition coefficient (Wildman–Crippen LogP) is 3.26. The molecule has 0 bridgehead atoms. The highest BCUT2D eigenvalue weighted by Gasteiger charge is 2.32. The number of rotatable bonds is 4. The van der Waals surface area contributed by atoms with Crippen LogP contribution in [-0.2, 0) is 0 Å². The number of hydrogen-bond acceptors (Lipinski definition) is 6. The van der Waals surface area contributed by atoms with E-state index >= 15 is 0 Å². The van der Waals surface area contributed by atoms with Crippen LogP contribution in [0.2, 0.25) is 0 Å². The number of piperidine rings is 1. The van der Waals surface area contributed by atoms with Crippen LogP contribution in [-0.4, -0.2) is 58.2 Å². The van der Waals surface area contributed by atoms with Gasteiger partial charge in [-0.3, -0.25) is 4.79 Å². The van der Waals surface area contributed by atoms with Crippen molar-refractivity contribution in [2.24, 2.45) is 5.73 Å². The van der Waals surface area contributed by atoms with Crippen LogP contribution < -0.4 is 15.4 Å². The van der Waals surface area contributed by atoms with Crippen molar-refractivity contribution >= 4 is 17.4 Å². The summed E-state index contributed by atoms with van der Waals surface area (Å²) in [6.07, 6.45) is 5.98. The van der Waals surface area contributed by atoms with E-state index in [9.17, 15) is 4.79 Å². The highest BCUT2D eigenvalue weighted by molar-refractivity contribution is 5.96. The normalized spacial score (nSPS) is 21.1. The Bertz CT molecular complexity index is 1190. The fourth-order valence-electron chi connectivity index (χ4n) is 5.19. The summed E-state index contributed by atoms with van der Waals surface area (Å²) >= 11 is 0. The Morgan fingerprint density at radius 3 is 2.79 bits per heavy atom. The van der Waals surface area contributed by atoms with Crippen LogP contribution in [0.4, 0.5) is 5.82 Å². The Labute approximate surface area is 194 Å². The number of nitrogens with zero attached hydrogens (tertiary/aromatic N) is 5. The molecule has 2 atom stereocenters. The van der Waals surface area contributed by atoms with Crippen LogP contribution in [0.25, 0.3) is 5.65 Å². The molecular formula is C25H32N6O2. The summed E-state index contributed by atoms with van der Waals surface area (Å²) in [5, 5.41) is 4.85. The van der Waals surface area contributed by atoms with Gasteiger partial charge in [0.25, 0.3) is 5.91 Å². The highest BCUT2D eigenvalue weighted by atomic mass is 16.5. The first kappa shape index (κ1) is 21.7. The first-order valence-corrected chi connectivity index (χ1v) is 11.8. The molecule has 4 heterocycles. The quantitative estimate of drug-likeness (QED) is 0.659. The van der Waals surface area contributed by atoms with Crippen LogP contribution in [0, 0.1) is 13.8 Å². The summed E-state index contributed by atoms with van der Waals surface area (Å²) in [6, 6.07) is 7.82. The molecule has 0 radical (unpaired) electrons. The number of ether oxygens (including phenoxy) is 1. The minimum absolute atomic E-state index is 0.0315. The van der Waals surface area contributed by atoms with Crippen LogP contribution >= 0.6 is 0 Å². The molecule has 1 aromatic carbocycles.